The van der Waals surface area contributed by atoms with Crippen molar-refractivity contribution in [2.24, 2.45) is 5.73 Å². The highest BCUT2D eigenvalue weighted by Crippen LogP contribution is 2.33. The third-order valence-electron chi connectivity index (χ3n) is 2.75. The number of urea groups is 1. The largest absolute Gasteiger partial charge is 0.497 e. The number of amides is 2. The Labute approximate surface area is 88.4 Å². The molecule has 1 aliphatic carbocycles. The molecule has 3 N–H and O–H groups in total. The Balaban J connectivity index is 2.27. The molecular formula is C11H14N2O2. The van der Waals surface area contributed by atoms with Crippen LogP contribution in [0, 0.1) is 0 Å². The van der Waals surface area contributed by atoms with Crippen molar-refractivity contribution in [2.45, 2.75) is 18.9 Å². The number of aryl methyl sites for hydroxylation is 1. The van der Waals surface area contributed by atoms with E-state index in [1.165, 1.54) is 5.56 Å². The molecule has 0 spiro atoms. The van der Waals surface area contributed by atoms with Gasteiger partial charge in [-0.1, -0.05) is 6.07 Å². The van der Waals surface area contributed by atoms with E-state index in [2.05, 4.69) is 5.32 Å². The van der Waals surface area contributed by atoms with Crippen molar-refractivity contribution in [3.63, 3.8) is 0 Å². The highest BCUT2D eigenvalue weighted by molar-refractivity contribution is 5.72. The molecule has 1 aromatic carbocycles. The van der Waals surface area contributed by atoms with Crippen molar-refractivity contribution in [3.8, 4) is 5.75 Å². The Morgan fingerprint density at radius 3 is 3.07 bits per heavy atom. The van der Waals surface area contributed by atoms with Crippen molar-refractivity contribution < 1.29 is 9.53 Å². The number of carbonyl (C=O) groups excluding carboxylic acids is 1. The Morgan fingerprint density at radius 1 is 1.60 bits per heavy atom. The molecule has 0 fully saturated rings. The molecule has 15 heavy (non-hydrogen) atoms. The van der Waals surface area contributed by atoms with Crippen LogP contribution in [0.15, 0.2) is 18.2 Å². The number of benzene rings is 1. The summed E-state index contributed by atoms with van der Waals surface area (Å²) < 4.78 is 5.15. The maximum Gasteiger partial charge on any atom is 0.312 e. The van der Waals surface area contributed by atoms with Gasteiger partial charge in [0.2, 0.25) is 0 Å². The quantitative estimate of drug-likeness (QED) is 0.767. The molecule has 0 heterocycles. The molecule has 0 bridgehead atoms. The summed E-state index contributed by atoms with van der Waals surface area (Å²) in [5.74, 6) is 0.812. The third kappa shape index (κ3) is 1.88. The second kappa shape index (κ2) is 3.81. The van der Waals surface area contributed by atoms with E-state index in [-0.39, 0.29) is 6.04 Å². The minimum absolute atomic E-state index is 0.0348. The predicted octanol–water partition coefficient (Wildman–Crippen LogP) is 1.35. The second-order valence-corrected chi connectivity index (χ2v) is 3.66. The van der Waals surface area contributed by atoms with Crippen molar-refractivity contribution in [3.05, 3.63) is 29.3 Å². The molecule has 0 aromatic heterocycles. The van der Waals surface area contributed by atoms with Crippen LogP contribution in [0.1, 0.15) is 23.6 Å². The van der Waals surface area contributed by atoms with Gasteiger partial charge in [-0.15, -0.1) is 0 Å². The van der Waals surface area contributed by atoms with Gasteiger partial charge in [-0.3, -0.25) is 0 Å². The van der Waals surface area contributed by atoms with Crippen LogP contribution >= 0.6 is 0 Å². The summed E-state index contributed by atoms with van der Waals surface area (Å²) in [7, 11) is 1.63. The van der Waals surface area contributed by atoms with E-state index in [1.54, 1.807) is 7.11 Å². The Hall–Kier alpha value is -1.71. The average molecular weight is 206 g/mol. The van der Waals surface area contributed by atoms with E-state index in [4.69, 9.17) is 10.5 Å². The summed E-state index contributed by atoms with van der Waals surface area (Å²) in [4.78, 5) is 10.8. The number of methoxy groups -OCH3 is 1. The summed E-state index contributed by atoms with van der Waals surface area (Å²) in [5.41, 5.74) is 7.50. The number of fused-ring (bicyclic) bond motifs is 1. The van der Waals surface area contributed by atoms with Crippen LogP contribution < -0.4 is 15.8 Å². The van der Waals surface area contributed by atoms with Crippen molar-refractivity contribution in [1.82, 2.24) is 5.32 Å². The van der Waals surface area contributed by atoms with Crippen LogP contribution in [-0.2, 0) is 6.42 Å². The number of nitrogens with two attached hydrogens (primary N) is 1. The van der Waals surface area contributed by atoms with Gasteiger partial charge in [-0.25, -0.2) is 4.79 Å². The van der Waals surface area contributed by atoms with Crippen molar-refractivity contribution in [1.29, 1.82) is 0 Å². The summed E-state index contributed by atoms with van der Waals surface area (Å²) in [6, 6.07) is 5.49. The van der Waals surface area contributed by atoms with Crippen LogP contribution in [0.5, 0.6) is 5.75 Å². The van der Waals surface area contributed by atoms with Gasteiger partial charge in [0.05, 0.1) is 13.2 Å². The first-order valence-corrected chi connectivity index (χ1v) is 4.93. The van der Waals surface area contributed by atoms with Crippen LogP contribution in [-0.4, -0.2) is 13.1 Å². The van der Waals surface area contributed by atoms with E-state index in [0.29, 0.717) is 0 Å². The number of hydrogen-bond acceptors (Lipinski definition) is 2. The zero-order valence-corrected chi connectivity index (χ0v) is 8.62. The Morgan fingerprint density at radius 2 is 2.40 bits per heavy atom. The third-order valence-corrected chi connectivity index (χ3v) is 2.75. The van der Waals surface area contributed by atoms with E-state index in [0.717, 1.165) is 24.2 Å². The molecule has 2 amide bonds. The first kappa shape index (κ1) is 9.83. The smallest absolute Gasteiger partial charge is 0.312 e. The molecule has 0 aliphatic heterocycles. The monoisotopic (exact) mass is 206 g/mol. The number of ether oxygens (including phenoxy) is 1. The molecule has 0 saturated carbocycles. The van der Waals surface area contributed by atoms with Gasteiger partial charge in [0.25, 0.3) is 0 Å². The standard InChI is InChI=1S/C11H14N2O2/c1-15-8-4-2-7-3-5-10(9(7)6-8)13-11(12)14/h2,4,6,10H,3,5H2,1H3,(H3,12,13,14)/t10-/m0/s1. The maximum absolute atomic E-state index is 10.8. The molecule has 80 valence electrons. The number of nitrogens with one attached hydrogen (secondary N) is 1. The fourth-order valence-electron chi connectivity index (χ4n) is 2.03. The summed E-state index contributed by atoms with van der Waals surface area (Å²) in [5, 5.41) is 2.73. The molecule has 4 nitrogen and oxygen atoms in total. The highest BCUT2D eigenvalue weighted by atomic mass is 16.5. The molecule has 1 aliphatic rings. The van der Waals surface area contributed by atoms with Crippen molar-refractivity contribution >= 4 is 6.03 Å². The number of rotatable bonds is 2. The van der Waals surface area contributed by atoms with Gasteiger partial charge in [0.1, 0.15) is 5.75 Å². The van der Waals surface area contributed by atoms with E-state index >= 15 is 0 Å². The van der Waals surface area contributed by atoms with Gasteiger partial charge in [0, 0.05) is 0 Å². The number of carbonyl (C=O) groups is 1. The molecule has 1 atom stereocenters. The summed E-state index contributed by atoms with van der Waals surface area (Å²) in [6.07, 6.45) is 1.88. The Bertz CT molecular complexity index is 390. The Kier molecular flexibility index (Phi) is 2.49. The van der Waals surface area contributed by atoms with Crippen LogP contribution in [0.4, 0.5) is 4.79 Å². The first-order chi connectivity index (χ1) is 7.20. The molecule has 0 saturated heterocycles. The molecular weight excluding hydrogens is 192 g/mol. The molecule has 1 aromatic rings. The first-order valence-electron chi connectivity index (χ1n) is 4.93. The highest BCUT2D eigenvalue weighted by Gasteiger charge is 2.23. The minimum Gasteiger partial charge on any atom is -0.497 e. The maximum atomic E-state index is 10.8. The van der Waals surface area contributed by atoms with Crippen molar-refractivity contribution in [2.75, 3.05) is 7.11 Å². The lowest BCUT2D eigenvalue weighted by Gasteiger charge is -2.12. The number of hydrogen-bond donors (Lipinski definition) is 2. The zero-order valence-electron chi connectivity index (χ0n) is 8.62. The van der Waals surface area contributed by atoms with Gasteiger partial charge in [-0.05, 0) is 36.1 Å². The van der Waals surface area contributed by atoms with Crippen LogP contribution in [0.25, 0.3) is 0 Å². The summed E-state index contributed by atoms with van der Waals surface area (Å²) >= 11 is 0. The van der Waals surface area contributed by atoms with Gasteiger partial charge in [0.15, 0.2) is 0 Å². The molecule has 4 heteroatoms. The SMILES string of the molecule is COc1ccc2c(c1)[C@@H](NC(N)=O)CC2. The van der Waals surface area contributed by atoms with Gasteiger partial charge >= 0.3 is 6.03 Å². The van der Waals surface area contributed by atoms with Crippen LogP contribution in [0.2, 0.25) is 0 Å². The fraction of sp³-hybridized carbons (Fsp3) is 0.364. The lowest BCUT2D eigenvalue weighted by atomic mass is 10.1. The number of primary amides is 1. The zero-order chi connectivity index (χ0) is 10.8. The molecule has 0 unspecified atom stereocenters. The van der Waals surface area contributed by atoms with E-state index in [1.807, 2.05) is 18.2 Å². The minimum atomic E-state index is -0.476. The van der Waals surface area contributed by atoms with Crippen LogP contribution in [0.3, 0.4) is 0 Å². The lowest BCUT2D eigenvalue weighted by molar-refractivity contribution is 0.245. The van der Waals surface area contributed by atoms with Gasteiger partial charge < -0.3 is 15.8 Å². The predicted molar refractivity (Wildman–Crippen MR) is 56.8 cm³/mol. The fourth-order valence-corrected chi connectivity index (χ4v) is 2.03. The van der Waals surface area contributed by atoms with E-state index in [9.17, 15) is 4.79 Å². The van der Waals surface area contributed by atoms with Gasteiger partial charge in [-0.2, -0.15) is 0 Å². The topological polar surface area (TPSA) is 64.3 Å². The lowest BCUT2D eigenvalue weighted by Crippen LogP contribution is -2.32. The second-order valence-electron chi connectivity index (χ2n) is 3.66. The summed E-state index contributed by atoms with van der Waals surface area (Å²) in [6.45, 7) is 0. The molecule has 2 rings (SSSR count). The van der Waals surface area contributed by atoms with E-state index < -0.39 is 6.03 Å². The molecule has 0 radical (unpaired) electrons. The average Bonchev–Trinajstić information content (AvgIpc) is 2.60. The normalized spacial score (nSPS) is 18.3.